The van der Waals surface area contributed by atoms with Crippen LogP contribution in [0.25, 0.3) is 0 Å². The van der Waals surface area contributed by atoms with Crippen molar-refractivity contribution in [2.45, 2.75) is 46.1 Å². The minimum atomic E-state index is -0.268. The number of benzene rings is 1. The van der Waals surface area contributed by atoms with Gasteiger partial charge in [-0.1, -0.05) is 44.5 Å². The third-order valence-electron chi connectivity index (χ3n) is 3.36. The van der Waals surface area contributed by atoms with E-state index in [2.05, 4.69) is 26.1 Å². The number of hydrogen-bond acceptors (Lipinski definition) is 1. The van der Waals surface area contributed by atoms with E-state index in [1.165, 1.54) is 0 Å². The second-order valence-corrected chi connectivity index (χ2v) is 6.22. The van der Waals surface area contributed by atoms with Crippen LogP contribution in [0, 0.1) is 11.2 Å². The average Bonchev–Trinajstić information content (AvgIpc) is 2.28. The molecule has 0 fully saturated rings. The highest BCUT2D eigenvalue weighted by molar-refractivity contribution is 6.30. The Bertz CT molecular complexity index is 385. The number of rotatable bonds is 5. The van der Waals surface area contributed by atoms with Crippen molar-refractivity contribution in [2.75, 3.05) is 7.05 Å². The Morgan fingerprint density at radius 1 is 1.33 bits per heavy atom. The third kappa shape index (κ3) is 4.25. The van der Waals surface area contributed by atoms with E-state index in [1.54, 1.807) is 12.1 Å². The van der Waals surface area contributed by atoms with Crippen LogP contribution in [-0.2, 0) is 6.42 Å². The second kappa shape index (κ2) is 6.53. The van der Waals surface area contributed by atoms with Gasteiger partial charge in [0.2, 0.25) is 0 Å². The van der Waals surface area contributed by atoms with Gasteiger partial charge in [-0.25, -0.2) is 4.39 Å². The van der Waals surface area contributed by atoms with E-state index in [1.807, 2.05) is 13.1 Å². The highest BCUT2D eigenvalue weighted by Gasteiger charge is 2.22. The Labute approximate surface area is 115 Å². The first-order valence-electron chi connectivity index (χ1n) is 6.46. The zero-order valence-corrected chi connectivity index (χ0v) is 12.4. The lowest BCUT2D eigenvalue weighted by Crippen LogP contribution is -2.37. The minimum absolute atomic E-state index is 0.216. The molecule has 0 aliphatic carbocycles. The highest BCUT2D eigenvalue weighted by atomic mass is 35.5. The highest BCUT2D eigenvalue weighted by Crippen LogP contribution is 2.24. The van der Waals surface area contributed by atoms with Crippen LogP contribution in [0.5, 0.6) is 0 Å². The molecule has 18 heavy (non-hydrogen) atoms. The molecule has 102 valence electrons. The van der Waals surface area contributed by atoms with Gasteiger partial charge >= 0.3 is 0 Å². The van der Waals surface area contributed by atoms with Gasteiger partial charge in [0.15, 0.2) is 0 Å². The Hall–Kier alpha value is -0.600. The van der Waals surface area contributed by atoms with Gasteiger partial charge in [-0.15, -0.1) is 0 Å². The topological polar surface area (TPSA) is 12.0 Å². The summed E-state index contributed by atoms with van der Waals surface area (Å²) in [5, 5.41) is 3.55. The summed E-state index contributed by atoms with van der Waals surface area (Å²) in [6.45, 7) is 6.65. The summed E-state index contributed by atoms with van der Waals surface area (Å²) in [5.74, 6) is -0.268. The van der Waals surface area contributed by atoms with Crippen LogP contribution in [0.15, 0.2) is 18.2 Å². The molecule has 0 bridgehead atoms. The van der Waals surface area contributed by atoms with E-state index in [0.717, 1.165) is 19.3 Å². The normalized spacial score (nSPS) is 13.7. The Morgan fingerprint density at radius 2 is 2.00 bits per heavy atom. The van der Waals surface area contributed by atoms with Crippen molar-refractivity contribution < 1.29 is 4.39 Å². The van der Waals surface area contributed by atoms with Crippen molar-refractivity contribution in [2.24, 2.45) is 5.41 Å². The van der Waals surface area contributed by atoms with Crippen LogP contribution in [0.4, 0.5) is 4.39 Å². The first-order valence-corrected chi connectivity index (χ1v) is 6.84. The van der Waals surface area contributed by atoms with Crippen molar-refractivity contribution in [1.29, 1.82) is 0 Å². The lowest BCUT2D eigenvalue weighted by molar-refractivity contribution is 0.263. The fraction of sp³-hybridized carbons (Fsp3) is 0.600. The number of hydrogen-bond donors (Lipinski definition) is 1. The molecular weight excluding hydrogens is 249 g/mol. The minimum Gasteiger partial charge on any atom is -0.316 e. The molecule has 1 aromatic carbocycles. The molecule has 0 aliphatic rings. The van der Waals surface area contributed by atoms with E-state index in [9.17, 15) is 4.39 Å². The van der Waals surface area contributed by atoms with Gasteiger partial charge in [-0.05, 0) is 43.4 Å². The summed E-state index contributed by atoms with van der Waals surface area (Å²) in [5.41, 5.74) is 0.938. The van der Waals surface area contributed by atoms with Crippen molar-refractivity contribution >= 4 is 11.6 Å². The zero-order chi connectivity index (χ0) is 13.8. The van der Waals surface area contributed by atoms with Crippen LogP contribution in [0.3, 0.4) is 0 Å². The second-order valence-electron chi connectivity index (χ2n) is 5.81. The molecule has 0 aliphatic heterocycles. The molecule has 1 aromatic rings. The summed E-state index contributed by atoms with van der Waals surface area (Å²) in [6.07, 6.45) is 2.73. The summed E-state index contributed by atoms with van der Waals surface area (Å²) in [4.78, 5) is 0. The lowest BCUT2D eigenvalue weighted by atomic mass is 9.83. The van der Waals surface area contributed by atoms with Gasteiger partial charge in [0.1, 0.15) is 5.82 Å². The Morgan fingerprint density at radius 3 is 2.56 bits per heavy atom. The van der Waals surface area contributed by atoms with E-state index in [4.69, 9.17) is 11.6 Å². The number of nitrogens with one attached hydrogen (secondary N) is 1. The Kier molecular flexibility index (Phi) is 5.61. The summed E-state index contributed by atoms with van der Waals surface area (Å²) >= 11 is 5.77. The maximum absolute atomic E-state index is 13.7. The third-order valence-corrected chi connectivity index (χ3v) is 3.66. The van der Waals surface area contributed by atoms with E-state index in [0.29, 0.717) is 11.6 Å². The fourth-order valence-corrected chi connectivity index (χ4v) is 2.44. The van der Waals surface area contributed by atoms with Crippen molar-refractivity contribution in [1.82, 2.24) is 5.32 Å². The monoisotopic (exact) mass is 271 g/mol. The molecule has 0 amide bonds. The molecule has 0 heterocycles. The number of aryl methyl sites for hydroxylation is 1. The average molecular weight is 272 g/mol. The predicted octanol–water partition coefficient (Wildman–Crippen LogP) is 4.44. The van der Waals surface area contributed by atoms with Crippen molar-refractivity contribution in [3.05, 3.63) is 34.6 Å². The molecule has 0 saturated carbocycles. The summed E-state index contributed by atoms with van der Waals surface area (Å²) in [6, 6.07) is 5.65. The van der Waals surface area contributed by atoms with Crippen LogP contribution in [-0.4, -0.2) is 13.1 Å². The molecule has 1 N–H and O–H groups in total. The first kappa shape index (κ1) is 15.5. The molecule has 0 radical (unpaired) electrons. The molecule has 1 nitrogen and oxygen atoms in total. The van der Waals surface area contributed by atoms with E-state index < -0.39 is 0 Å². The predicted molar refractivity (Wildman–Crippen MR) is 76.7 cm³/mol. The van der Waals surface area contributed by atoms with Gasteiger partial charge < -0.3 is 5.32 Å². The van der Waals surface area contributed by atoms with Crippen LogP contribution >= 0.6 is 11.6 Å². The maximum Gasteiger partial charge on any atom is 0.144 e. The van der Waals surface area contributed by atoms with Gasteiger partial charge in [-0.2, -0.15) is 0 Å². The van der Waals surface area contributed by atoms with Crippen molar-refractivity contribution in [3.63, 3.8) is 0 Å². The number of halogens is 2. The summed E-state index contributed by atoms with van der Waals surface area (Å²) < 4.78 is 13.7. The van der Waals surface area contributed by atoms with Gasteiger partial charge in [-0.3, -0.25) is 0 Å². The largest absolute Gasteiger partial charge is 0.316 e. The lowest BCUT2D eigenvalue weighted by Gasteiger charge is -2.30. The van der Waals surface area contributed by atoms with Crippen LogP contribution in [0.1, 0.15) is 39.2 Å². The van der Waals surface area contributed by atoms with Crippen LogP contribution < -0.4 is 5.32 Å². The SMILES string of the molecule is CNC(CCCc1cccc(Cl)c1F)C(C)(C)C. The quantitative estimate of drug-likeness (QED) is 0.835. The fourth-order valence-electron chi connectivity index (χ4n) is 2.25. The van der Waals surface area contributed by atoms with Gasteiger partial charge in [0.25, 0.3) is 0 Å². The zero-order valence-electron chi connectivity index (χ0n) is 11.7. The maximum atomic E-state index is 13.7. The molecule has 1 atom stereocenters. The molecular formula is C15H23ClFN. The van der Waals surface area contributed by atoms with Gasteiger partial charge in [0, 0.05) is 6.04 Å². The first-order chi connectivity index (χ1) is 8.36. The molecule has 0 aromatic heterocycles. The standard InChI is InChI=1S/C15H23ClFN/c1-15(2,3)13(18-4)10-6-8-11-7-5-9-12(16)14(11)17/h5,7,9,13,18H,6,8,10H2,1-4H3. The molecule has 1 unspecified atom stereocenters. The molecule has 3 heteroatoms. The molecule has 0 saturated heterocycles. The van der Waals surface area contributed by atoms with Crippen LogP contribution in [0.2, 0.25) is 5.02 Å². The van der Waals surface area contributed by atoms with E-state index >= 15 is 0 Å². The van der Waals surface area contributed by atoms with Crippen molar-refractivity contribution in [3.8, 4) is 0 Å². The Balaban J connectivity index is 2.53. The van der Waals surface area contributed by atoms with Gasteiger partial charge in [0.05, 0.1) is 5.02 Å². The summed E-state index contributed by atoms with van der Waals surface area (Å²) in [7, 11) is 1.98. The molecule has 0 spiro atoms. The smallest absolute Gasteiger partial charge is 0.144 e. The van der Waals surface area contributed by atoms with E-state index in [-0.39, 0.29) is 16.3 Å². The molecule has 1 rings (SSSR count).